The standard InChI is InChI=1S/C6H16N2O2/c7-4-2-1-3-6(8)10-5-9/h6,9H,1-5,7-8H2. The number of aliphatic hydroxyl groups is 1. The zero-order valence-corrected chi connectivity index (χ0v) is 6.12. The van der Waals surface area contributed by atoms with Gasteiger partial charge in [-0.15, -0.1) is 0 Å². The van der Waals surface area contributed by atoms with Crippen LogP contribution in [-0.4, -0.2) is 24.7 Å². The number of hydrogen-bond donors (Lipinski definition) is 3. The van der Waals surface area contributed by atoms with Crippen molar-refractivity contribution in [3.8, 4) is 0 Å². The molecule has 0 aromatic rings. The van der Waals surface area contributed by atoms with E-state index in [1.807, 2.05) is 0 Å². The van der Waals surface area contributed by atoms with E-state index >= 15 is 0 Å². The fraction of sp³-hybridized carbons (Fsp3) is 1.00. The van der Waals surface area contributed by atoms with Gasteiger partial charge in [-0.1, -0.05) is 0 Å². The van der Waals surface area contributed by atoms with E-state index in [0.717, 1.165) is 19.3 Å². The molecule has 0 aliphatic heterocycles. The number of nitrogens with two attached hydrogens (primary N) is 2. The van der Waals surface area contributed by atoms with E-state index in [4.69, 9.17) is 16.6 Å². The lowest BCUT2D eigenvalue weighted by Crippen LogP contribution is -2.24. The third-order valence-corrected chi connectivity index (χ3v) is 1.23. The van der Waals surface area contributed by atoms with E-state index in [0.29, 0.717) is 6.54 Å². The molecule has 0 spiro atoms. The molecular weight excluding hydrogens is 132 g/mol. The molecule has 0 rings (SSSR count). The molecule has 0 aliphatic carbocycles. The Hall–Kier alpha value is -0.160. The fourth-order valence-corrected chi connectivity index (χ4v) is 0.669. The highest BCUT2D eigenvalue weighted by Crippen LogP contribution is 1.97. The van der Waals surface area contributed by atoms with Gasteiger partial charge in [0.25, 0.3) is 0 Å². The van der Waals surface area contributed by atoms with Crippen molar-refractivity contribution in [2.24, 2.45) is 11.5 Å². The Morgan fingerprint density at radius 2 is 2.10 bits per heavy atom. The molecule has 0 aromatic heterocycles. The summed E-state index contributed by atoms with van der Waals surface area (Å²) in [6, 6.07) is 0. The zero-order valence-electron chi connectivity index (χ0n) is 6.12. The van der Waals surface area contributed by atoms with E-state index in [-0.39, 0.29) is 13.0 Å². The number of unbranched alkanes of at least 4 members (excludes halogenated alkanes) is 1. The average Bonchev–Trinajstić information content (AvgIpc) is 1.89. The van der Waals surface area contributed by atoms with Crippen molar-refractivity contribution in [3.05, 3.63) is 0 Å². The highest BCUT2D eigenvalue weighted by Gasteiger charge is 1.99. The molecule has 4 heteroatoms. The van der Waals surface area contributed by atoms with Gasteiger partial charge in [-0.25, -0.2) is 0 Å². The summed E-state index contributed by atoms with van der Waals surface area (Å²) >= 11 is 0. The Morgan fingerprint density at radius 1 is 1.40 bits per heavy atom. The van der Waals surface area contributed by atoms with Gasteiger partial charge in [0.1, 0.15) is 13.0 Å². The van der Waals surface area contributed by atoms with Crippen molar-refractivity contribution in [2.75, 3.05) is 13.3 Å². The van der Waals surface area contributed by atoms with Crippen LogP contribution in [0.4, 0.5) is 0 Å². The van der Waals surface area contributed by atoms with Crippen LogP contribution in [0.2, 0.25) is 0 Å². The first-order valence-corrected chi connectivity index (χ1v) is 3.49. The maximum absolute atomic E-state index is 8.27. The van der Waals surface area contributed by atoms with Crippen LogP contribution >= 0.6 is 0 Å². The maximum Gasteiger partial charge on any atom is 0.145 e. The Kier molecular flexibility index (Phi) is 6.84. The molecule has 1 unspecified atom stereocenters. The fourth-order valence-electron chi connectivity index (χ4n) is 0.669. The molecule has 0 aromatic carbocycles. The van der Waals surface area contributed by atoms with E-state index < -0.39 is 0 Å². The van der Waals surface area contributed by atoms with Crippen LogP contribution in [0.3, 0.4) is 0 Å². The maximum atomic E-state index is 8.27. The predicted octanol–water partition coefficient (Wildman–Crippen LogP) is -0.633. The highest BCUT2D eigenvalue weighted by molar-refractivity contribution is 4.48. The molecule has 0 fully saturated rings. The normalized spacial score (nSPS) is 13.5. The zero-order chi connectivity index (χ0) is 7.82. The van der Waals surface area contributed by atoms with Gasteiger partial charge in [-0.05, 0) is 25.8 Å². The van der Waals surface area contributed by atoms with Crippen LogP contribution in [0.25, 0.3) is 0 Å². The molecule has 62 valence electrons. The van der Waals surface area contributed by atoms with Crippen molar-refractivity contribution in [1.29, 1.82) is 0 Å². The lowest BCUT2D eigenvalue weighted by Gasteiger charge is -2.09. The summed E-state index contributed by atoms with van der Waals surface area (Å²) in [7, 11) is 0. The first kappa shape index (κ1) is 9.84. The van der Waals surface area contributed by atoms with Crippen LogP contribution < -0.4 is 11.5 Å². The molecule has 0 saturated heterocycles. The second-order valence-electron chi connectivity index (χ2n) is 2.12. The second kappa shape index (κ2) is 6.95. The molecular formula is C6H16N2O2. The molecule has 10 heavy (non-hydrogen) atoms. The highest BCUT2D eigenvalue weighted by atomic mass is 16.6. The Morgan fingerprint density at radius 3 is 2.60 bits per heavy atom. The van der Waals surface area contributed by atoms with Crippen molar-refractivity contribution < 1.29 is 9.84 Å². The van der Waals surface area contributed by atoms with Gasteiger partial charge < -0.3 is 21.3 Å². The first-order chi connectivity index (χ1) is 4.81. The van der Waals surface area contributed by atoms with E-state index in [1.54, 1.807) is 0 Å². The number of rotatable bonds is 6. The number of hydrogen-bond acceptors (Lipinski definition) is 4. The van der Waals surface area contributed by atoms with Gasteiger partial charge in [0, 0.05) is 0 Å². The van der Waals surface area contributed by atoms with Crippen molar-refractivity contribution in [1.82, 2.24) is 0 Å². The smallest absolute Gasteiger partial charge is 0.145 e. The first-order valence-electron chi connectivity index (χ1n) is 3.49. The summed E-state index contributed by atoms with van der Waals surface area (Å²) in [4.78, 5) is 0. The average molecular weight is 148 g/mol. The van der Waals surface area contributed by atoms with Crippen molar-refractivity contribution in [3.63, 3.8) is 0 Å². The van der Waals surface area contributed by atoms with Gasteiger partial charge >= 0.3 is 0 Å². The summed E-state index contributed by atoms with van der Waals surface area (Å²) in [5.41, 5.74) is 10.7. The Labute approximate surface area is 61.2 Å². The molecule has 0 radical (unpaired) electrons. The summed E-state index contributed by atoms with van der Waals surface area (Å²) in [6.45, 7) is 0.385. The minimum Gasteiger partial charge on any atom is -0.371 e. The van der Waals surface area contributed by atoms with Crippen LogP contribution in [0.5, 0.6) is 0 Å². The van der Waals surface area contributed by atoms with Crippen molar-refractivity contribution >= 4 is 0 Å². The Bertz CT molecular complexity index is 70.8. The largest absolute Gasteiger partial charge is 0.371 e. The van der Waals surface area contributed by atoms with E-state index in [9.17, 15) is 0 Å². The summed E-state index contributed by atoms with van der Waals surface area (Å²) in [6.07, 6.45) is 2.34. The molecule has 0 amide bonds. The number of ether oxygens (including phenoxy) is 1. The third-order valence-electron chi connectivity index (χ3n) is 1.23. The van der Waals surface area contributed by atoms with Crippen LogP contribution in [0, 0.1) is 0 Å². The molecule has 0 aliphatic rings. The molecule has 1 atom stereocenters. The van der Waals surface area contributed by atoms with Crippen molar-refractivity contribution in [2.45, 2.75) is 25.5 Å². The minimum atomic E-state index is -0.337. The van der Waals surface area contributed by atoms with Crippen LogP contribution in [0.15, 0.2) is 0 Å². The third kappa shape index (κ3) is 5.97. The summed E-state index contributed by atoms with van der Waals surface area (Å²) in [5, 5.41) is 8.27. The lowest BCUT2D eigenvalue weighted by molar-refractivity contribution is -0.0506. The summed E-state index contributed by atoms with van der Waals surface area (Å²) < 4.78 is 4.68. The molecule has 0 heterocycles. The van der Waals surface area contributed by atoms with Crippen LogP contribution in [-0.2, 0) is 4.74 Å². The topological polar surface area (TPSA) is 81.5 Å². The van der Waals surface area contributed by atoms with Gasteiger partial charge in [-0.2, -0.15) is 0 Å². The van der Waals surface area contributed by atoms with Gasteiger partial charge in [0.15, 0.2) is 0 Å². The Balaban J connectivity index is 2.97. The molecule has 0 bridgehead atoms. The van der Waals surface area contributed by atoms with Gasteiger partial charge in [0.05, 0.1) is 0 Å². The van der Waals surface area contributed by atoms with Gasteiger partial charge in [0.2, 0.25) is 0 Å². The van der Waals surface area contributed by atoms with E-state index in [1.165, 1.54) is 0 Å². The molecule has 4 nitrogen and oxygen atoms in total. The molecule has 0 saturated carbocycles. The van der Waals surface area contributed by atoms with Gasteiger partial charge in [-0.3, -0.25) is 0 Å². The van der Waals surface area contributed by atoms with Crippen LogP contribution in [0.1, 0.15) is 19.3 Å². The minimum absolute atomic E-state index is 0.302. The predicted molar refractivity (Wildman–Crippen MR) is 39.1 cm³/mol. The quantitative estimate of drug-likeness (QED) is 0.346. The SMILES string of the molecule is NCCCCC(N)OCO. The molecule has 5 N–H and O–H groups in total. The summed E-state index contributed by atoms with van der Waals surface area (Å²) in [5.74, 6) is 0. The number of aliphatic hydroxyl groups excluding tert-OH is 1. The lowest BCUT2D eigenvalue weighted by atomic mass is 10.2. The van der Waals surface area contributed by atoms with E-state index in [2.05, 4.69) is 4.74 Å². The second-order valence-corrected chi connectivity index (χ2v) is 2.12. The monoisotopic (exact) mass is 148 g/mol.